The molecule has 0 spiro atoms. The second-order valence-corrected chi connectivity index (χ2v) is 4.49. The summed E-state index contributed by atoms with van der Waals surface area (Å²) >= 11 is 0. The second-order valence-electron chi connectivity index (χ2n) is 4.49. The SMILES string of the molecule is CC[C@@H](NCc1ccc(N)cc1)c1ccccc1. The summed E-state index contributed by atoms with van der Waals surface area (Å²) in [6.45, 7) is 3.07. The van der Waals surface area contributed by atoms with Crippen LogP contribution in [0.1, 0.15) is 30.5 Å². The van der Waals surface area contributed by atoms with Crippen molar-refractivity contribution in [1.82, 2.24) is 5.32 Å². The first kappa shape index (κ1) is 12.7. The second kappa shape index (κ2) is 6.22. The van der Waals surface area contributed by atoms with Crippen LogP contribution in [0.15, 0.2) is 54.6 Å². The van der Waals surface area contributed by atoms with Crippen molar-refractivity contribution >= 4 is 5.69 Å². The van der Waals surface area contributed by atoms with Crippen LogP contribution in [0.3, 0.4) is 0 Å². The molecule has 0 saturated heterocycles. The summed E-state index contributed by atoms with van der Waals surface area (Å²) in [5.74, 6) is 0. The van der Waals surface area contributed by atoms with E-state index in [1.807, 2.05) is 12.1 Å². The molecule has 0 amide bonds. The summed E-state index contributed by atoms with van der Waals surface area (Å²) in [4.78, 5) is 0. The third-order valence-electron chi connectivity index (χ3n) is 3.14. The van der Waals surface area contributed by atoms with Crippen LogP contribution in [-0.4, -0.2) is 0 Å². The van der Waals surface area contributed by atoms with Gasteiger partial charge in [-0.2, -0.15) is 0 Å². The average molecular weight is 240 g/mol. The lowest BCUT2D eigenvalue weighted by Gasteiger charge is -2.17. The fourth-order valence-electron chi connectivity index (χ4n) is 2.06. The van der Waals surface area contributed by atoms with E-state index in [0.29, 0.717) is 6.04 Å². The summed E-state index contributed by atoms with van der Waals surface area (Å²) < 4.78 is 0. The van der Waals surface area contributed by atoms with Crippen molar-refractivity contribution in [2.45, 2.75) is 25.9 Å². The molecule has 0 fully saturated rings. The molecule has 94 valence electrons. The Balaban J connectivity index is 1.97. The number of hydrogen-bond acceptors (Lipinski definition) is 2. The Bertz CT molecular complexity index is 462. The van der Waals surface area contributed by atoms with E-state index in [1.54, 1.807) is 0 Å². The Morgan fingerprint density at radius 3 is 2.28 bits per heavy atom. The van der Waals surface area contributed by atoms with Gasteiger partial charge in [0.25, 0.3) is 0 Å². The Kier molecular flexibility index (Phi) is 4.37. The monoisotopic (exact) mass is 240 g/mol. The molecule has 0 aliphatic rings. The minimum absolute atomic E-state index is 0.406. The topological polar surface area (TPSA) is 38.0 Å². The number of anilines is 1. The van der Waals surface area contributed by atoms with Gasteiger partial charge in [0.1, 0.15) is 0 Å². The zero-order valence-electron chi connectivity index (χ0n) is 10.8. The molecule has 2 aromatic rings. The van der Waals surface area contributed by atoms with Gasteiger partial charge in [0.2, 0.25) is 0 Å². The smallest absolute Gasteiger partial charge is 0.0320 e. The molecular weight excluding hydrogens is 220 g/mol. The zero-order valence-corrected chi connectivity index (χ0v) is 10.8. The van der Waals surface area contributed by atoms with Crippen LogP contribution >= 0.6 is 0 Å². The van der Waals surface area contributed by atoms with E-state index < -0.39 is 0 Å². The number of nitrogens with one attached hydrogen (secondary N) is 1. The van der Waals surface area contributed by atoms with Gasteiger partial charge < -0.3 is 11.1 Å². The molecule has 0 unspecified atom stereocenters. The minimum atomic E-state index is 0.406. The summed E-state index contributed by atoms with van der Waals surface area (Å²) in [5.41, 5.74) is 9.10. The van der Waals surface area contributed by atoms with E-state index in [1.165, 1.54) is 11.1 Å². The van der Waals surface area contributed by atoms with Crippen molar-refractivity contribution in [1.29, 1.82) is 0 Å². The van der Waals surface area contributed by atoms with Crippen LogP contribution in [0.5, 0.6) is 0 Å². The van der Waals surface area contributed by atoms with Gasteiger partial charge in [-0.1, -0.05) is 49.4 Å². The molecular formula is C16H20N2. The normalized spacial score (nSPS) is 12.3. The molecule has 2 heteroatoms. The van der Waals surface area contributed by atoms with Crippen LogP contribution in [0.25, 0.3) is 0 Å². The lowest BCUT2D eigenvalue weighted by atomic mass is 10.0. The van der Waals surface area contributed by atoms with E-state index >= 15 is 0 Å². The van der Waals surface area contributed by atoms with E-state index in [4.69, 9.17) is 5.73 Å². The lowest BCUT2D eigenvalue weighted by Crippen LogP contribution is -2.20. The van der Waals surface area contributed by atoms with Gasteiger partial charge in [-0.3, -0.25) is 0 Å². The molecule has 0 aliphatic carbocycles. The summed E-state index contributed by atoms with van der Waals surface area (Å²) in [6, 6.07) is 19.0. The first-order chi connectivity index (χ1) is 8.79. The van der Waals surface area contributed by atoms with Crippen molar-refractivity contribution in [2.75, 3.05) is 5.73 Å². The van der Waals surface area contributed by atoms with Gasteiger partial charge in [0.05, 0.1) is 0 Å². The first-order valence-corrected chi connectivity index (χ1v) is 6.42. The Labute approximate surface area is 109 Å². The van der Waals surface area contributed by atoms with Gasteiger partial charge in [0, 0.05) is 18.3 Å². The number of rotatable bonds is 5. The van der Waals surface area contributed by atoms with Gasteiger partial charge in [-0.15, -0.1) is 0 Å². The maximum atomic E-state index is 5.68. The molecule has 0 aromatic heterocycles. The number of nitrogens with two attached hydrogens (primary N) is 1. The van der Waals surface area contributed by atoms with Crippen molar-refractivity contribution in [3.05, 3.63) is 65.7 Å². The van der Waals surface area contributed by atoms with Gasteiger partial charge in [-0.25, -0.2) is 0 Å². The zero-order chi connectivity index (χ0) is 12.8. The molecule has 1 atom stereocenters. The Morgan fingerprint density at radius 1 is 1.00 bits per heavy atom. The summed E-state index contributed by atoms with van der Waals surface area (Å²) in [6.07, 6.45) is 1.08. The highest BCUT2D eigenvalue weighted by atomic mass is 14.9. The van der Waals surface area contributed by atoms with Crippen molar-refractivity contribution in [3.63, 3.8) is 0 Å². The summed E-state index contributed by atoms with van der Waals surface area (Å²) in [5, 5.41) is 3.58. The van der Waals surface area contributed by atoms with Crippen molar-refractivity contribution < 1.29 is 0 Å². The molecule has 0 radical (unpaired) electrons. The predicted octanol–water partition coefficient (Wildman–Crippen LogP) is 3.51. The van der Waals surface area contributed by atoms with E-state index in [2.05, 4.69) is 54.7 Å². The van der Waals surface area contributed by atoms with Crippen molar-refractivity contribution in [3.8, 4) is 0 Å². The van der Waals surface area contributed by atoms with Gasteiger partial charge in [0.15, 0.2) is 0 Å². The molecule has 0 bridgehead atoms. The van der Waals surface area contributed by atoms with Crippen LogP contribution in [0.2, 0.25) is 0 Å². The highest BCUT2D eigenvalue weighted by Crippen LogP contribution is 2.16. The predicted molar refractivity (Wildman–Crippen MR) is 77.2 cm³/mol. The third-order valence-corrected chi connectivity index (χ3v) is 3.14. The molecule has 2 aromatic carbocycles. The first-order valence-electron chi connectivity index (χ1n) is 6.42. The molecule has 2 rings (SSSR count). The standard InChI is InChI=1S/C16H20N2/c1-2-16(14-6-4-3-5-7-14)18-12-13-8-10-15(17)11-9-13/h3-11,16,18H,2,12,17H2,1H3/t16-/m1/s1. The maximum absolute atomic E-state index is 5.68. The lowest BCUT2D eigenvalue weighted by molar-refractivity contribution is 0.519. The minimum Gasteiger partial charge on any atom is -0.399 e. The van der Waals surface area contributed by atoms with E-state index in [-0.39, 0.29) is 0 Å². The molecule has 0 aliphatic heterocycles. The third kappa shape index (κ3) is 3.34. The van der Waals surface area contributed by atoms with Crippen LogP contribution in [-0.2, 0) is 6.54 Å². The van der Waals surface area contributed by atoms with Gasteiger partial charge in [-0.05, 0) is 29.7 Å². The Morgan fingerprint density at radius 2 is 1.67 bits per heavy atom. The maximum Gasteiger partial charge on any atom is 0.0320 e. The quantitative estimate of drug-likeness (QED) is 0.785. The highest BCUT2D eigenvalue weighted by Gasteiger charge is 2.07. The molecule has 0 saturated carbocycles. The average Bonchev–Trinajstić information content (AvgIpc) is 2.43. The number of nitrogen functional groups attached to an aromatic ring is 1. The fraction of sp³-hybridized carbons (Fsp3) is 0.250. The van der Waals surface area contributed by atoms with Crippen LogP contribution < -0.4 is 11.1 Å². The van der Waals surface area contributed by atoms with Crippen LogP contribution in [0.4, 0.5) is 5.69 Å². The molecule has 2 nitrogen and oxygen atoms in total. The largest absolute Gasteiger partial charge is 0.399 e. The molecule has 18 heavy (non-hydrogen) atoms. The highest BCUT2D eigenvalue weighted by molar-refractivity contribution is 5.39. The fourth-order valence-corrected chi connectivity index (χ4v) is 2.06. The molecule has 0 heterocycles. The van der Waals surface area contributed by atoms with E-state index in [9.17, 15) is 0 Å². The number of hydrogen-bond donors (Lipinski definition) is 2. The van der Waals surface area contributed by atoms with Crippen LogP contribution in [0, 0.1) is 0 Å². The van der Waals surface area contributed by atoms with E-state index in [0.717, 1.165) is 18.7 Å². The van der Waals surface area contributed by atoms with Gasteiger partial charge >= 0.3 is 0 Å². The van der Waals surface area contributed by atoms with Crippen molar-refractivity contribution in [2.24, 2.45) is 0 Å². The number of benzene rings is 2. The summed E-state index contributed by atoms with van der Waals surface area (Å²) in [7, 11) is 0. The molecule has 3 N–H and O–H groups in total. The Hall–Kier alpha value is -1.80.